The van der Waals surface area contributed by atoms with Gasteiger partial charge in [-0.05, 0) is 105 Å². The summed E-state index contributed by atoms with van der Waals surface area (Å²) in [4.78, 5) is 13.1. The fraction of sp³-hybridized carbons (Fsp3) is 0.390. The first-order valence-electron chi connectivity index (χ1n) is 18.3. The second-order valence-electron chi connectivity index (χ2n) is 13.9. The highest BCUT2D eigenvalue weighted by molar-refractivity contribution is 6.35. The van der Waals surface area contributed by atoms with E-state index in [4.69, 9.17) is 30.9 Å². The van der Waals surface area contributed by atoms with Gasteiger partial charge < -0.3 is 29.0 Å². The maximum Gasteiger partial charge on any atom is 0.354 e. The maximum atomic E-state index is 14.0. The molecule has 54 heavy (non-hydrogen) atoms. The molecule has 0 aliphatic carbocycles. The zero-order valence-corrected chi connectivity index (χ0v) is 31.8. The van der Waals surface area contributed by atoms with E-state index >= 15 is 0 Å². The van der Waals surface area contributed by atoms with Crippen LogP contribution < -0.4 is 4.68 Å². The van der Waals surface area contributed by atoms with Gasteiger partial charge in [-0.1, -0.05) is 17.7 Å². The molecule has 13 heteroatoms. The van der Waals surface area contributed by atoms with Crippen LogP contribution in [0.2, 0.25) is 5.02 Å². The second-order valence-corrected chi connectivity index (χ2v) is 14.3. The predicted molar refractivity (Wildman–Crippen MR) is 204 cm³/mol. The second kappa shape index (κ2) is 15.9. The monoisotopic (exact) mass is 758 g/mol. The first kappa shape index (κ1) is 37.6. The summed E-state index contributed by atoms with van der Waals surface area (Å²) in [5, 5.41) is 31.5. The van der Waals surface area contributed by atoms with Crippen molar-refractivity contribution in [1.82, 2.24) is 19.4 Å². The molecule has 3 aromatic heterocycles. The third-order valence-electron chi connectivity index (χ3n) is 10.5. The molecule has 1 atom stereocenters. The molecule has 0 saturated carbocycles. The molecule has 0 amide bonds. The van der Waals surface area contributed by atoms with E-state index in [1.807, 2.05) is 41.3 Å². The molecule has 1 aliphatic heterocycles. The summed E-state index contributed by atoms with van der Waals surface area (Å²) in [6.45, 7) is 6.67. The number of nitrogens with one attached hydrogen (secondary N) is 1. The van der Waals surface area contributed by atoms with Gasteiger partial charge in [0.2, 0.25) is 5.69 Å². The van der Waals surface area contributed by atoms with Crippen LogP contribution in [0.1, 0.15) is 63.3 Å². The number of rotatable bonds is 14. The minimum Gasteiger partial charge on any atom is -0.507 e. The highest BCUT2D eigenvalue weighted by Crippen LogP contribution is 2.44. The molecule has 1 aliphatic rings. The van der Waals surface area contributed by atoms with Crippen molar-refractivity contribution in [2.24, 2.45) is 0 Å². The van der Waals surface area contributed by atoms with Crippen LogP contribution in [0.15, 0.2) is 48.5 Å². The van der Waals surface area contributed by atoms with Crippen molar-refractivity contribution in [3.63, 3.8) is 0 Å². The Morgan fingerprint density at radius 3 is 2.70 bits per heavy atom. The number of aromatic amines is 1. The van der Waals surface area contributed by atoms with Crippen LogP contribution in [0.3, 0.4) is 0 Å². The lowest BCUT2D eigenvalue weighted by atomic mass is 9.93. The summed E-state index contributed by atoms with van der Waals surface area (Å²) >= 11 is 7.08. The Morgan fingerprint density at radius 1 is 1.09 bits per heavy atom. The third-order valence-corrected chi connectivity index (χ3v) is 10.8. The molecule has 0 radical (unpaired) electrons. The van der Waals surface area contributed by atoms with Crippen LogP contribution in [-0.4, -0.2) is 69.7 Å². The average molecular weight is 759 g/mol. The Kier molecular flexibility index (Phi) is 11.1. The number of fused-ring (bicyclic) bond motifs is 3. The van der Waals surface area contributed by atoms with Crippen LogP contribution in [-0.2, 0) is 53.1 Å². The van der Waals surface area contributed by atoms with Crippen LogP contribution >= 0.6 is 11.6 Å². The maximum absolute atomic E-state index is 14.0. The zero-order valence-electron chi connectivity index (χ0n) is 31.0. The molecule has 284 valence electrons. The first-order chi connectivity index (χ1) is 26.1. The van der Waals surface area contributed by atoms with Gasteiger partial charge in [-0.25, -0.2) is 9.18 Å². The van der Waals surface area contributed by atoms with Crippen LogP contribution in [0, 0.1) is 19.7 Å². The Balaban J connectivity index is 1.19. The minimum absolute atomic E-state index is 0.0106. The number of carbonyl (C=O) groups excluding carboxylic acids is 1. The summed E-state index contributed by atoms with van der Waals surface area (Å²) in [5.74, 6) is -0.648. The van der Waals surface area contributed by atoms with Gasteiger partial charge in [0.25, 0.3) is 0 Å². The average Bonchev–Trinajstić information content (AvgIpc) is 3.81. The number of aromatic hydroxyl groups is 1. The van der Waals surface area contributed by atoms with Gasteiger partial charge in [-0.15, -0.1) is 4.68 Å². The number of aliphatic hydroxyl groups excluding tert-OH is 1. The van der Waals surface area contributed by atoms with Crippen LogP contribution in [0.25, 0.3) is 32.8 Å². The number of benzene rings is 3. The minimum atomic E-state index is -0.442. The number of aryl methyl sites for hydroxylation is 6. The van der Waals surface area contributed by atoms with Gasteiger partial charge in [0.1, 0.15) is 30.0 Å². The number of phenols is 1. The third kappa shape index (κ3) is 7.11. The number of nitrogens with zero attached hydrogens (tertiary/aromatic N) is 4. The van der Waals surface area contributed by atoms with E-state index in [0.717, 1.165) is 55.9 Å². The lowest BCUT2D eigenvalue weighted by Crippen LogP contribution is -2.47. The molecule has 7 rings (SSSR count). The van der Waals surface area contributed by atoms with Gasteiger partial charge in [0.15, 0.2) is 6.54 Å². The number of hydrogen-bond acceptors (Lipinski definition) is 7. The number of esters is 1. The number of ether oxygens (including phenoxy) is 3. The summed E-state index contributed by atoms with van der Waals surface area (Å²) in [5.41, 5.74) is 8.62. The lowest BCUT2D eigenvalue weighted by molar-refractivity contribution is -0.769. The Morgan fingerprint density at radius 2 is 1.93 bits per heavy atom. The summed E-state index contributed by atoms with van der Waals surface area (Å²) in [6.07, 6.45) is 2.83. The number of halogens is 2. The molecule has 0 saturated heterocycles. The van der Waals surface area contributed by atoms with Crippen LogP contribution in [0.5, 0.6) is 5.75 Å². The van der Waals surface area contributed by atoms with Crippen LogP contribution in [0.4, 0.5) is 4.39 Å². The number of carbonyl (C=O) groups is 1. The molecule has 6 aromatic rings. The highest BCUT2D eigenvalue weighted by atomic mass is 35.5. The zero-order chi connectivity index (χ0) is 38.1. The van der Waals surface area contributed by atoms with Gasteiger partial charge in [0.05, 0.1) is 37.2 Å². The molecule has 0 bridgehead atoms. The van der Waals surface area contributed by atoms with Crippen molar-refractivity contribution in [2.45, 2.75) is 71.7 Å². The molecule has 1 unspecified atom stereocenters. The van der Waals surface area contributed by atoms with Crippen molar-refractivity contribution in [3.8, 4) is 16.9 Å². The van der Waals surface area contributed by atoms with Crippen molar-refractivity contribution in [2.75, 3.05) is 34.0 Å². The summed E-state index contributed by atoms with van der Waals surface area (Å²) in [7, 11) is 3.04. The normalized spacial score (nSPS) is 14.3. The number of H-pyrrole nitrogens is 1. The number of hydrogen-bond donors (Lipinski definition) is 3. The lowest BCUT2D eigenvalue weighted by Gasteiger charge is -2.19. The predicted octanol–water partition coefficient (Wildman–Crippen LogP) is 6.69. The Labute approximate surface area is 317 Å². The number of phenolic OH excluding ortho intramolecular Hbond substituents is 1. The largest absolute Gasteiger partial charge is 0.507 e. The quantitative estimate of drug-likeness (QED) is 0.0835. The SMILES string of the molecule is COCCn1nc(CCC2OCC[n+]3[nH]c(C)c(-c4c(Cl)ccc5c4c(C)c(C(=O)OC)n5CCCO)c32)cc1CCc1cc(O)c2ccc(F)cc2c1. The van der Waals surface area contributed by atoms with E-state index in [1.54, 1.807) is 19.2 Å². The molecule has 4 heterocycles. The molecule has 11 nitrogen and oxygen atoms in total. The topological polar surface area (TPSA) is 128 Å². The number of aromatic nitrogens is 5. The standard InChI is InChI=1S/C41H45ClFN5O6/c1-24-36-33(46(14-5-17-49)39(24)41(51)53-4)12-11-32(42)38(36)37-25(2)44-48-16-19-54-35(40(37)48)13-8-29-23-30(47(45-29)15-18-52-3)9-6-26-20-27-22-28(43)7-10-31(27)34(50)21-26/h7,10-12,20-23,35,49-50H,5-6,8-9,13-19H2,1-4H3/p+1. The van der Waals surface area contributed by atoms with Crippen molar-refractivity contribution in [1.29, 1.82) is 0 Å². The first-order valence-corrected chi connectivity index (χ1v) is 18.7. The fourth-order valence-corrected chi connectivity index (χ4v) is 8.27. The number of methoxy groups -OCH3 is 2. The van der Waals surface area contributed by atoms with E-state index in [-0.39, 0.29) is 24.3 Å². The van der Waals surface area contributed by atoms with Crippen molar-refractivity contribution in [3.05, 3.63) is 99.0 Å². The van der Waals surface area contributed by atoms with E-state index in [2.05, 4.69) is 15.8 Å². The van der Waals surface area contributed by atoms with E-state index in [1.165, 1.54) is 19.2 Å². The fourth-order valence-electron chi connectivity index (χ4n) is 8.02. The molecule has 0 spiro atoms. The van der Waals surface area contributed by atoms with Crippen molar-refractivity contribution < 1.29 is 38.3 Å². The van der Waals surface area contributed by atoms with E-state index < -0.39 is 5.97 Å². The molecule has 3 N–H and O–H groups in total. The Hall–Kier alpha value is -4.75. The molecule has 0 fully saturated rings. The van der Waals surface area contributed by atoms with Gasteiger partial charge in [-0.2, -0.15) is 10.2 Å². The van der Waals surface area contributed by atoms with Gasteiger partial charge >= 0.3 is 5.97 Å². The summed E-state index contributed by atoms with van der Waals surface area (Å²) in [6, 6.07) is 14.0. The highest BCUT2D eigenvalue weighted by Gasteiger charge is 2.38. The smallest absolute Gasteiger partial charge is 0.354 e. The Bertz CT molecular complexity index is 2350. The molecule has 3 aromatic carbocycles. The molecular formula is C41H46ClFN5O6+. The van der Waals surface area contributed by atoms with Gasteiger partial charge in [0, 0.05) is 52.8 Å². The van der Waals surface area contributed by atoms with Gasteiger partial charge in [-0.3, -0.25) is 4.68 Å². The van der Waals surface area contributed by atoms with E-state index in [9.17, 15) is 19.4 Å². The van der Waals surface area contributed by atoms with E-state index in [0.29, 0.717) is 86.4 Å². The summed E-state index contributed by atoms with van der Waals surface area (Å²) < 4.78 is 37.1. The number of aliphatic hydroxyl groups is 1. The van der Waals surface area contributed by atoms with Crippen molar-refractivity contribution >= 4 is 39.2 Å². The molecular weight excluding hydrogens is 713 g/mol.